The molecule has 7 heteroatoms. The minimum atomic E-state index is -0.517. The Kier molecular flexibility index (Phi) is 3.62. The largest absolute Gasteiger partial charge is 0.454 e. The second kappa shape index (κ2) is 5.59. The highest BCUT2D eigenvalue weighted by Crippen LogP contribution is 2.32. The van der Waals surface area contributed by atoms with Gasteiger partial charge in [-0.2, -0.15) is 5.10 Å². The molecule has 0 unspecified atom stereocenters. The van der Waals surface area contributed by atoms with Crippen molar-refractivity contribution in [3.05, 3.63) is 35.2 Å². The quantitative estimate of drug-likeness (QED) is 0.939. The maximum absolute atomic E-state index is 11.9. The lowest BCUT2D eigenvalue weighted by Crippen LogP contribution is -2.26. The van der Waals surface area contributed by atoms with E-state index in [4.69, 9.17) is 14.2 Å². The summed E-state index contributed by atoms with van der Waals surface area (Å²) in [6.07, 6.45) is -0.517. The van der Waals surface area contributed by atoms with Crippen LogP contribution in [0.4, 0.5) is 4.79 Å². The summed E-state index contributed by atoms with van der Waals surface area (Å²) < 4.78 is 17.5. The summed E-state index contributed by atoms with van der Waals surface area (Å²) in [5, 5.41) is 6.91. The average Bonchev–Trinajstić information content (AvgIpc) is 3.05. The van der Waals surface area contributed by atoms with E-state index in [1.54, 1.807) is 18.7 Å². The first-order valence-corrected chi connectivity index (χ1v) is 6.89. The normalized spacial score (nSPS) is 12.3. The van der Waals surface area contributed by atoms with Crippen LogP contribution in [0.15, 0.2) is 18.2 Å². The van der Waals surface area contributed by atoms with Crippen LogP contribution in [0.1, 0.15) is 17.0 Å². The zero-order valence-electron chi connectivity index (χ0n) is 12.7. The van der Waals surface area contributed by atoms with E-state index in [2.05, 4.69) is 10.4 Å². The third-order valence-corrected chi connectivity index (χ3v) is 3.51. The molecule has 116 valence electrons. The summed E-state index contributed by atoms with van der Waals surface area (Å²) in [4.78, 5) is 11.9. The van der Waals surface area contributed by atoms with Crippen LogP contribution in [0.5, 0.6) is 17.2 Å². The van der Waals surface area contributed by atoms with Crippen LogP contribution in [0.25, 0.3) is 0 Å². The number of carbonyl (C=O) groups is 1. The fourth-order valence-electron chi connectivity index (χ4n) is 2.26. The highest BCUT2D eigenvalue weighted by molar-refractivity contribution is 5.71. The number of hydrogen-bond acceptors (Lipinski definition) is 5. The molecule has 1 aromatic carbocycles. The summed E-state index contributed by atoms with van der Waals surface area (Å²) in [7, 11) is 1.81. The van der Waals surface area contributed by atoms with Crippen LogP contribution in [0.3, 0.4) is 0 Å². The zero-order chi connectivity index (χ0) is 15.7. The highest BCUT2D eigenvalue weighted by atomic mass is 16.7. The van der Waals surface area contributed by atoms with Crippen LogP contribution in [-0.4, -0.2) is 22.7 Å². The van der Waals surface area contributed by atoms with E-state index in [0.29, 0.717) is 29.5 Å². The minimum Gasteiger partial charge on any atom is -0.454 e. The Morgan fingerprint density at radius 2 is 2.14 bits per heavy atom. The van der Waals surface area contributed by atoms with Crippen molar-refractivity contribution < 1.29 is 19.0 Å². The third kappa shape index (κ3) is 2.69. The van der Waals surface area contributed by atoms with Gasteiger partial charge in [0.15, 0.2) is 17.2 Å². The van der Waals surface area contributed by atoms with Crippen molar-refractivity contribution in [3.8, 4) is 17.2 Å². The number of fused-ring (bicyclic) bond motifs is 1. The molecule has 0 saturated heterocycles. The molecule has 0 radical (unpaired) electrons. The maximum atomic E-state index is 11.9. The Balaban J connectivity index is 1.60. The molecular formula is C15H17N3O4. The van der Waals surface area contributed by atoms with E-state index < -0.39 is 6.09 Å². The molecule has 1 N–H and O–H groups in total. The number of nitrogens with zero attached hydrogens (tertiary/aromatic N) is 2. The lowest BCUT2D eigenvalue weighted by Gasteiger charge is -2.07. The molecule has 1 aromatic heterocycles. The van der Waals surface area contributed by atoms with Gasteiger partial charge in [0, 0.05) is 13.6 Å². The van der Waals surface area contributed by atoms with Crippen molar-refractivity contribution >= 4 is 6.09 Å². The second-order valence-corrected chi connectivity index (χ2v) is 5.05. The maximum Gasteiger partial charge on any atom is 0.413 e. The van der Waals surface area contributed by atoms with Gasteiger partial charge in [-0.05, 0) is 31.5 Å². The van der Waals surface area contributed by atoms with Gasteiger partial charge in [0.25, 0.3) is 0 Å². The van der Waals surface area contributed by atoms with Crippen molar-refractivity contribution in [2.75, 3.05) is 6.79 Å². The Morgan fingerprint density at radius 3 is 2.86 bits per heavy atom. The van der Waals surface area contributed by atoms with Crippen LogP contribution >= 0.6 is 0 Å². The fraction of sp³-hybridized carbons (Fsp3) is 0.333. The van der Waals surface area contributed by atoms with E-state index >= 15 is 0 Å². The molecule has 2 aromatic rings. The third-order valence-electron chi connectivity index (χ3n) is 3.51. The minimum absolute atomic E-state index is 0.230. The number of hydrogen-bond donors (Lipinski definition) is 1. The molecule has 0 spiro atoms. The topological polar surface area (TPSA) is 74.6 Å². The van der Waals surface area contributed by atoms with Crippen LogP contribution < -0.4 is 19.5 Å². The number of aromatic nitrogens is 2. The van der Waals surface area contributed by atoms with E-state index in [-0.39, 0.29) is 6.79 Å². The van der Waals surface area contributed by atoms with Crippen molar-refractivity contribution in [1.29, 1.82) is 0 Å². The number of ether oxygens (including phenoxy) is 3. The number of nitrogens with one attached hydrogen (secondary N) is 1. The second-order valence-electron chi connectivity index (χ2n) is 5.05. The van der Waals surface area contributed by atoms with Gasteiger partial charge in [-0.25, -0.2) is 4.79 Å². The molecule has 0 bridgehead atoms. The summed E-state index contributed by atoms with van der Waals surface area (Å²) >= 11 is 0. The smallest absolute Gasteiger partial charge is 0.413 e. The molecule has 22 heavy (non-hydrogen) atoms. The van der Waals surface area contributed by atoms with Crippen molar-refractivity contribution in [2.24, 2.45) is 7.05 Å². The summed E-state index contributed by atoms with van der Waals surface area (Å²) in [6, 6.07) is 5.53. The first-order chi connectivity index (χ1) is 10.5. The lowest BCUT2D eigenvalue weighted by atomic mass is 10.2. The van der Waals surface area contributed by atoms with Crippen molar-refractivity contribution in [1.82, 2.24) is 15.1 Å². The van der Waals surface area contributed by atoms with Gasteiger partial charge in [0.1, 0.15) is 5.69 Å². The van der Waals surface area contributed by atoms with Gasteiger partial charge in [-0.3, -0.25) is 4.68 Å². The van der Waals surface area contributed by atoms with Gasteiger partial charge < -0.3 is 19.5 Å². The Bertz CT molecular complexity index is 724. The molecular weight excluding hydrogens is 286 g/mol. The van der Waals surface area contributed by atoms with E-state index in [0.717, 1.165) is 11.3 Å². The number of rotatable bonds is 3. The number of amides is 1. The number of benzene rings is 1. The molecule has 0 aliphatic carbocycles. The summed E-state index contributed by atoms with van der Waals surface area (Å²) in [6.45, 7) is 4.22. The summed E-state index contributed by atoms with van der Waals surface area (Å²) in [5.41, 5.74) is 2.38. The van der Waals surface area contributed by atoms with Crippen LogP contribution in [0.2, 0.25) is 0 Å². The van der Waals surface area contributed by atoms with Crippen LogP contribution in [-0.2, 0) is 13.6 Å². The standard InChI is InChI=1S/C15H17N3O4/c1-9-14(10(2)18(3)17-9)22-15(19)16-7-11-4-5-12-13(6-11)21-8-20-12/h4-6H,7-8H2,1-3H3,(H,16,19). The van der Waals surface area contributed by atoms with Gasteiger partial charge >= 0.3 is 6.09 Å². The molecule has 0 fully saturated rings. The van der Waals surface area contributed by atoms with E-state index in [1.165, 1.54) is 0 Å². The molecule has 3 rings (SSSR count). The van der Waals surface area contributed by atoms with Gasteiger partial charge in [-0.15, -0.1) is 0 Å². The SMILES string of the molecule is Cc1nn(C)c(C)c1OC(=O)NCc1ccc2c(c1)OCO2. The van der Waals surface area contributed by atoms with Gasteiger partial charge in [0.05, 0.1) is 5.69 Å². The molecule has 1 aliphatic heterocycles. The molecule has 0 atom stereocenters. The number of aryl methyl sites for hydroxylation is 2. The fourth-order valence-corrected chi connectivity index (χ4v) is 2.26. The first kappa shape index (κ1) is 14.2. The molecule has 1 amide bonds. The van der Waals surface area contributed by atoms with Crippen LogP contribution in [0, 0.1) is 13.8 Å². The number of carbonyl (C=O) groups excluding carboxylic acids is 1. The van der Waals surface area contributed by atoms with Crippen molar-refractivity contribution in [3.63, 3.8) is 0 Å². The predicted octanol–water partition coefficient (Wildman–Crippen LogP) is 2.05. The Labute approximate surface area is 127 Å². The van der Waals surface area contributed by atoms with Gasteiger partial charge in [0.2, 0.25) is 6.79 Å². The summed E-state index contributed by atoms with van der Waals surface area (Å²) in [5.74, 6) is 1.89. The van der Waals surface area contributed by atoms with E-state index in [1.807, 2.05) is 25.1 Å². The molecule has 0 saturated carbocycles. The average molecular weight is 303 g/mol. The van der Waals surface area contributed by atoms with Crippen molar-refractivity contribution in [2.45, 2.75) is 20.4 Å². The molecule has 7 nitrogen and oxygen atoms in total. The zero-order valence-corrected chi connectivity index (χ0v) is 12.7. The lowest BCUT2D eigenvalue weighted by molar-refractivity contribution is 0.174. The monoisotopic (exact) mass is 303 g/mol. The Morgan fingerprint density at radius 1 is 1.36 bits per heavy atom. The Hall–Kier alpha value is -2.70. The highest BCUT2D eigenvalue weighted by Gasteiger charge is 2.16. The predicted molar refractivity (Wildman–Crippen MR) is 78.1 cm³/mol. The van der Waals surface area contributed by atoms with E-state index in [9.17, 15) is 4.79 Å². The molecule has 2 heterocycles. The molecule has 1 aliphatic rings. The first-order valence-electron chi connectivity index (χ1n) is 6.89. The van der Waals surface area contributed by atoms with Gasteiger partial charge in [-0.1, -0.05) is 6.07 Å².